The molecule has 13 heavy (non-hydrogen) atoms. The fraction of sp³-hybridized carbons (Fsp3) is 1.00. The van der Waals surface area contributed by atoms with Crippen molar-refractivity contribution in [1.82, 2.24) is 0 Å². The minimum absolute atomic E-state index is 2.33. The molecule has 0 aromatic heterocycles. The summed E-state index contributed by atoms with van der Waals surface area (Å²) in [7, 11) is -5.35. The number of hydrogen-bond donors (Lipinski definition) is 0. The van der Waals surface area contributed by atoms with Crippen molar-refractivity contribution >= 4 is 10.1 Å². The molecule has 0 aromatic rings. The van der Waals surface area contributed by atoms with E-state index in [0.717, 1.165) is 0 Å². The van der Waals surface area contributed by atoms with Crippen molar-refractivity contribution < 1.29 is 34.9 Å². The molecule has 9 heteroatoms. The van der Waals surface area contributed by atoms with Crippen LogP contribution >= 0.6 is 0 Å². The van der Waals surface area contributed by atoms with Crippen LogP contribution in [0.2, 0.25) is 0 Å². The Morgan fingerprint density at radius 2 is 1.46 bits per heavy atom. The zero-order valence-electron chi connectivity index (χ0n) is 5.94. The van der Waals surface area contributed by atoms with Crippen molar-refractivity contribution in [2.24, 2.45) is 0 Å². The Balaban J connectivity index is 4.43. The predicted molar refractivity (Wildman–Crippen MR) is 30.2 cm³/mol. The highest BCUT2D eigenvalue weighted by Gasteiger charge is 2.44. The molecule has 0 radical (unpaired) electrons. The predicted octanol–water partition coefficient (Wildman–Crippen LogP) is 1.12. The van der Waals surface area contributed by atoms with Crippen LogP contribution in [-0.4, -0.2) is 30.8 Å². The van der Waals surface area contributed by atoms with Gasteiger partial charge in [-0.3, -0.25) is 0 Å². The van der Waals surface area contributed by atoms with Gasteiger partial charge in [-0.1, -0.05) is 0 Å². The van der Waals surface area contributed by atoms with E-state index in [1.807, 2.05) is 0 Å². The van der Waals surface area contributed by atoms with E-state index in [-0.39, 0.29) is 0 Å². The molecule has 0 saturated heterocycles. The van der Waals surface area contributed by atoms with E-state index in [0.29, 0.717) is 0 Å². The van der Waals surface area contributed by atoms with Crippen LogP contribution in [0, 0.1) is 0 Å². The lowest BCUT2D eigenvalue weighted by Crippen LogP contribution is -2.33. The summed E-state index contributed by atoms with van der Waals surface area (Å²) in [4.78, 5) is 0. The molecule has 0 spiro atoms. The first-order chi connectivity index (χ1) is 5.41. The molecule has 0 saturated carbocycles. The average molecular weight is 227 g/mol. The van der Waals surface area contributed by atoms with Crippen LogP contribution in [0.25, 0.3) is 0 Å². The van der Waals surface area contributed by atoms with Gasteiger partial charge in [-0.15, -0.1) is 0 Å². The molecule has 0 aliphatic heterocycles. The molecule has 0 aliphatic carbocycles. The standard InChI is InChI=1S/C4H5F5O3S/c5-3(6,1-4(7,8)9)2-13(10,11)12/h1-2H2,(H,10,11,12)/p-1. The number of rotatable bonds is 3. The summed E-state index contributed by atoms with van der Waals surface area (Å²) in [6.07, 6.45) is -7.81. The molecule has 0 bridgehead atoms. The van der Waals surface area contributed by atoms with Gasteiger partial charge in [0.1, 0.15) is 22.3 Å². The quantitative estimate of drug-likeness (QED) is 0.536. The Morgan fingerprint density at radius 3 is 1.69 bits per heavy atom. The normalized spacial score (nSPS) is 14.6. The maximum Gasteiger partial charge on any atom is 0.394 e. The zero-order chi connectivity index (χ0) is 10.9. The van der Waals surface area contributed by atoms with Gasteiger partial charge in [0.15, 0.2) is 0 Å². The molecule has 0 aliphatic rings. The summed E-state index contributed by atoms with van der Waals surface area (Å²) in [6.45, 7) is 0. The van der Waals surface area contributed by atoms with Crippen LogP contribution in [0.1, 0.15) is 6.42 Å². The Kier molecular flexibility index (Phi) is 3.26. The second-order valence-corrected chi connectivity index (χ2v) is 3.75. The lowest BCUT2D eigenvalue weighted by Gasteiger charge is -2.19. The summed E-state index contributed by atoms with van der Waals surface area (Å²) < 4.78 is 87.5. The van der Waals surface area contributed by atoms with Crippen LogP contribution in [0.3, 0.4) is 0 Å². The number of alkyl halides is 5. The van der Waals surface area contributed by atoms with Crippen LogP contribution in [0.4, 0.5) is 22.0 Å². The Bertz CT molecular complexity index is 266. The van der Waals surface area contributed by atoms with Gasteiger partial charge in [0, 0.05) is 0 Å². The SMILES string of the molecule is O=S(=O)([O-])CC(F)(F)CC(F)(F)F. The van der Waals surface area contributed by atoms with E-state index < -0.39 is 34.4 Å². The molecule has 0 unspecified atom stereocenters. The highest BCUT2D eigenvalue weighted by Crippen LogP contribution is 2.32. The van der Waals surface area contributed by atoms with Crippen molar-refractivity contribution in [1.29, 1.82) is 0 Å². The van der Waals surface area contributed by atoms with E-state index in [1.165, 1.54) is 0 Å². The summed E-state index contributed by atoms with van der Waals surface area (Å²) in [6, 6.07) is 0. The third kappa shape index (κ3) is 7.91. The van der Waals surface area contributed by atoms with E-state index in [4.69, 9.17) is 0 Å². The van der Waals surface area contributed by atoms with Gasteiger partial charge < -0.3 is 4.55 Å². The Labute approximate surface area is 70.3 Å². The highest BCUT2D eigenvalue weighted by atomic mass is 32.2. The molecule has 0 amide bonds. The Hall–Kier alpha value is -0.440. The third-order valence-electron chi connectivity index (χ3n) is 0.847. The first-order valence-electron chi connectivity index (χ1n) is 2.79. The molecular weight excluding hydrogens is 223 g/mol. The van der Waals surface area contributed by atoms with Gasteiger partial charge in [0.2, 0.25) is 0 Å². The largest absolute Gasteiger partial charge is 0.748 e. The van der Waals surface area contributed by atoms with Gasteiger partial charge in [-0.05, 0) is 0 Å². The summed E-state index contributed by atoms with van der Waals surface area (Å²) >= 11 is 0. The molecule has 0 N–H and O–H groups in total. The lowest BCUT2D eigenvalue weighted by molar-refractivity contribution is -0.181. The second-order valence-electron chi connectivity index (χ2n) is 2.35. The number of hydrogen-bond acceptors (Lipinski definition) is 3. The maximum atomic E-state index is 12.1. The van der Waals surface area contributed by atoms with Gasteiger partial charge in [-0.25, -0.2) is 17.2 Å². The highest BCUT2D eigenvalue weighted by molar-refractivity contribution is 7.85. The van der Waals surface area contributed by atoms with Crippen LogP contribution in [-0.2, 0) is 10.1 Å². The average Bonchev–Trinajstić information content (AvgIpc) is 1.43. The van der Waals surface area contributed by atoms with E-state index in [2.05, 4.69) is 0 Å². The molecule has 0 heterocycles. The third-order valence-corrected chi connectivity index (χ3v) is 1.62. The van der Waals surface area contributed by atoms with Crippen molar-refractivity contribution in [2.45, 2.75) is 18.5 Å². The van der Waals surface area contributed by atoms with Crippen LogP contribution < -0.4 is 0 Å². The summed E-state index contributed by atoms with van der Waals surface area (Å²) in [5.74, 6) is -6.89. The van der Waals surface area contributed by atoms with Gasteiger partial charge >= 0.3 is 6.18 Å². The van der Waals surface area contributed by atoms with E-state index in [1.54, 1.807) is 0 Å². The molecule has 3 nitrogen and oxygen atoms in total. The second kappa shape index (κ2) is 3.37. The minimum Gasteiger partial charge on any atom is -0.748 e. The maximum absolute atomic E-state index is 12.1. The Morgan fingerprint density at radius 1 is 1.08 bits per heavy atom. The smallest absolute Gasteiger partial charge is 0.394 e. The topological polar surface area (TPSA) is 57.2 Å². The monoisotopic (exact) mass is 227 g/mol. The van der Waals surface area contributed by atoms with Gasteiger partial charge in [0.05, 0.1) is 0 Å². The first kappa shape index (κ1) is 12.6. The number of halogens is 5. The molecule has 80 valence electrons. The molecular formula is C4H4F5O3S-. The molecule has 0 atom stereocenters. The zero-order valence-corrected chi connectivity index (χ0v) is 6.75. The molecule has 0 rings (SSSR count). The summed E-state index contributed by atoms with van der Waals surface area (Å²) in [5, 5.41) is 0. The van der Waals surface area contributed by atoms with E-state index in [9.17, 15) is 34.9 Å². The van der Waals surface area contributed by atoms with Crippen molar-refractivity contribution in [3.05, 3.63) is 0 Å². The first-order valence-corrected chi connectivity index (χ1v) is 4.37. The lowest BCUT2D eigenvalue weighted by atomic mass is 10.3. The molecule has 0 fully saturated rings. The fourth-order valence-electron chi connectivity index (χ4n) is 0.603. The van der Waals surface area contributed by atoms with E-state index >= 15 is 0 Å². The van der Waals surface area contributed by atoms with Gasteiger partial charge in [-0.2, -0.15) is 13.2 Å². The fourth-order valence-corrected chi connectivity index (χ4v) is 1.22. The van der Waals surface area contributed by atoms with Crippen LogP contribution in [0.15, 0.2) is 0 Å². The van der Waals surface area contributed by atoms with Crippen LogP contribution in [0.5, 0.6) is 0 Å². The van der Waals surface area contributed by atoms with Crippen molar-refractivity contribution in [2.75, 3.05) is 5.75 Å². The molecule has 0 aromatic carbocycles. The minimum atomic E-state index is -5.35. The van der Waals surface area contributed by atoms with Gasteiger partial charge in [0.25, 0.3) is 5.92 Å². The van der Waals surface area contributed by atoms with Crippen molar-refractivity contribution in [3.8, 4) is 0 Å². The summed E-state index contributed by atoms with van der Waals surface area (Å²) in [5.41, 5.74) is 0. The van der Waals surface area contributed by atoms with Crippen molar-refractivity contribution in [3.63, 3.8) is 0 Å².